The second-order valence-corrected chi connectivity index (χ2v) is 13.7. The topological polar surface area (TPSA) is 83.0 Å². The molecule has 248 valence electrons. The molecule has 44 heavy (non-hydrogen) atoms. The minimum Gasteiger partial charge on any atom is -0.481 e. The number of para-hydroxylation sites is 2. The van der Waals surface area contributed by atoms with E-state index in [1.807, 2.05) is 0 Å². The summed E-state index contributed by atoms with van der Waals surface area (Å²) < 4.78 is 5.10. The van der Waals surface area contributed by atoms with Crippen molar-refractivity contribution in [1.29, 1.82) is 0 Å². The van der Waals surface area contributed by atoms with E-state index in [-0.39, 0.29) is 0 Å². The number of hydrogen-bond acceptors (Lipinski definition) is 6. The summed E-state index contributed by atoms with van der Waals surface area (Å²) in [6, 6.07) is 10.6. The van der Waals surface area contributed by atoms with Crippen LogP contribution in [0.3, 0.4) is 0 Å². The van der Waals surface area contributed by atoms with Gasteiger partial charge in [0.05, 0.1) is 37.1 Å². The first-order chi connectivity index (χ1) is 21.3. The predicted octanol–water partition coefficient (Wildman–Crippen LogP) is 9.79. The van der Waals surface area contributed by atoms with Gasteiger partial charge in [0.1, 0.15) is 11.7 Å². The zero-order valence-corrected chi connectivity index (χ0v) is 29.2. The maximum absolute atomic E-state index is 10.3. The number of rotatable bonds is 16. The molecule has 0 saturated carbocycles. The summed E-state index contributed by atoms with van der Waals surface area (Å²) in [4.78, 5) is 16.7. The number of likely N-dealkylation sites (N-methyl/N-ethyl adjacent to an activating group) is 1. The first kappa shape index (κ1) is 37.9. The molecule has 0 radical (unpaired) electrons. The fourth-order valence-corrected chi connectivity index (χ4v) is 6.64. The Balaban J connectivity index is 0.000000283. The number of carboxylic acids is 1. The molecule has 0 spiro atoms. The van der Waals surface area contributed by atoms with Crippen molar-refractivity contribution in [3.63, 3.8) is 0 Å². The predicted molar refractivity (Wildman–Crippen MR) is 189 cm³/mol. The lowest BCUT2D eigenvalue weighted by Crippen LogP contribution is -2.48. The van der Waals surface area contributed by atoms with Gasteiger partial charge in [-0.2, -0.15) is 4.99 Å². The summed E-state index contributed by atoms with van der Waals surface area (Å²) >= 11 is 1.81. The number of unbranched alkanes of at least 4 members (excludes halogenated alkanes) is 14. The Morgan fingerprint density at radius 3 is 2.00 bits per heavy atom. The molecule has 2 aliphatic heterocycles. The number of aryl methyl sites for hydroxylation is 1. The number of thiophene rings is 1. The molecule has 8 heteroatoms. The van der Waals surface area contributed by atoms with Gasteiger partial charge in [0.15, 0.2) is 0 Å². The molecule has 3 heterocycles. The standard InChI is InChI=1S/C18H36O2.C16H19N4S.C2H6O/c1-2-3-4-5-6-7-8-9-10-11-12-13-14-15-16-17-18(19)20;1-11-9-12-15(20(2)8-7-17-10-20)18-13-5-3-4-6-14(13)19-16(12)21-11;1-3-2/h2-17H2,1H3,(H,19,20);3-6,9,17,19H,7-8,10H2,1-2H3;1-2H3/q;+1;. The number of ether oxygens (including phenoxy) is 1. The van der Waals surface area contributed by atoms with Crippen LogP contribution in [0, 0.1) is 6.92 Å². The van der Waals surface area contributed by atoms with E-state index < -0.39 is 5.97 Å². The largest absolute Gasteiger partial charge is 0.481 e. The van der Waals surface area contributed by atoms with E-state index in [0.29, 0.717) is 6.42 Å². The molecule has 1 aromatic carbocycles. The maximum atomic E-state index is 10.3. The van der Waals surface area contributed by atoms with Crippen LogP contribution in [0.1, 0.15) is 120 Å². The molecule has 1 aromatic heterocycles. The monoisotopic (exact) mass is 629 g/mol. The third kappa shape index (κ3) is 14.2. The van der Waals surface area contributed by atoms with Crippen LogP contribution in [-0.4, -0.2) is 62.4 Å². The molecule has 2 aliphatic rings. The Labute approximate surface area is 272 Å². The number of aliphatic carboxylic acids is 1. The average Bonchev–Trinajstić information content (AvgIpc) is 3.56. The summed E-state index contributed by atoms with van der Waals surface area (Å²) in [5, 5.41) is 16.8. The molecule has 0 aliphatic carbocycles. The van der Waals surface area contributed by atoms with Crippen LogP contribution in [-0.2, 0) is 9.53 Å². The number of amidine groups is 1. The quantitative estimate of drug-likeness (QED) is 0.127. The summed E-state index contributed by atoms with van der Waals surface area (Å²) in [7, 11) is 5.52. The van der Waals surface area contributed by atoms with Crippen molar-refractivity contribution in [2.45, 2.75) is 117 Å². The molecule has 3 N–H and O–H groups in total. The molecule has 0 bridgehead atoms. The van der Waals surface area contributed by atoms with Crippen LogP contribution >= 0.6 is 11.3 Å². The van der Waals surface area contributed by atoms with Gasteiger partial charge in [0.25, 0.3) is 0 Å². The first-order valence-corrected chi connectivity index (χ1v) is 17.9. The Hall–Kier alpha value is -2.26. The van der Waals surface area contributed by atoms with Crippen LogP contribution < -0.4 is 10.6 Å². The van der Waals surface area contributed by atoms with E-state index >= 15 is 0 Å². The SMILES string of the molecule is CCCCCCCCCCCCCCCCCC(=O)O.COC.Cc1cc2c(s1)Nc1ccccc1N=C2[N+]1(C)CCNC1. The van der Waals surface area contributed by atoms with Crippen molar-refractivity contribution in [2.24, 2.45) is 4.99 Å². The first-order valence-electron chi connectivity index (χ1n) is 17.1. The second-order valence-electron chi connectivity index (χ2n) is 12.5. The zero-order valence-electron chi connectivity index (χ0n) is 28.4. The van der Waals surface area contributed by atoms with Gasteiger partial charge in [-0.15, -0.1) is 11.3 Å². The van der Waals surface area contributed by atoms with Crippen LogP contribution in [0.25, 0.3) is 0 Å². The van der Waals surface area contributed by atoms with Crippen molar-refractivity contribution >= 4 is 39.5 Å². The molecular formula is C36H61N4O3S+. The smallest absolute Gasteiger partial charge is 0.303 e. The van der Waals surface area contributed by atoms with E-state index in [1.165, 1.54) is 98.9 Å². The number of aliphatic imine (C=N–C) groups is 1. The van der Waals surface area contributed by atoms with E-state index in [1.54, 1.807) is 25.6 Å². The van der Waals surface area contributed by atoms with Gasteiger partial charge in [-0.05, 0) is 31.5 Å². The lowest BCUT2D eigenvalue weighted by atomic mass is 10.0. The minimum absolute atomic E-state index is 0.345. The van der Waals surface area contributed by atoms with E-state index in [2.05, 4.69) is 66.6 Å². The van der Waals surface area contributed by atoms with Crippen molar-refractivity contribution in [3.8, 4) is 0 Å². The third-order valence-electron chi connectivity index (χ3n) is 8.22. The number of nitrogens with one attached hydrogen (secondary N) is 2. The van der Waals surface area contributed by atoms with Gasteiger partial charge in [0.2, 0.25) is 5.84 Å². The molecule has 1 saturated heterocycles. The fourth-order valence-electron chi connectivity index (χ4n) is 5.72. The van der Waals surface area contributed by atoms with Crippen LogP contribution in [0.4, 0.5) is 16.4 Å². The fraction of sp³-hybridized carbons (Fsp3) is 0.667. The van der Waals surface area contributed by atoms with E-state index in [9.17, 15) is 4.79 Å². The second kappa shape index (κ2) is 22.3. The maximum Gasteiger partial charge on any atom is 0.303 e. The molecule has 7 nitrogen and oxygen atoms in total. The van der Waals surface area contributed by atoms with Crippen molar-refractivity contribution < 1.29 is 19.1 Å². The Bertz CT molecular complexity index is 1090. The van der Waals surface area contributed by atoms with Crippen LogP contribution in [0.2, 0.25) is 0 Å². The highest BCUT2D eigenvalue weighted by Crippen LogP contribution is 2.40. The van der Waals surface area contributed by atoms with E-state index in [4.69, 9.17) is 10.1 Å². The van der Waals surface area contributed by atoms with Crippen LogP contribution in [0.15, 0.2) is 35.3 Å². The van der Waals surface area contributed by atoms with Gasteiger partial charge >= 0.3 is 5.97 Å². The van der Waals surface area contributed by atoms with Gasteiger partial charge in [-0.1, -0.05) is 109 Å². The lowest BCUT2D eigenvalue weighted by Gasteiger charge is -2.28. The zero-order chi connectivity index (χ0) is 32.0. The molecule has 1 atom stereocenters. The molecular weight excluding hydrogens is 568 g/mol. The highest BCUT2D eigenvalue weighted by Gasteiger charge is 2.37. The van der Waals surface area contributed by atoms with Crippen LogP contribution in [0.5, 0.6) is 0 Å². The van der Waals surface area contributed by atoms with Gasteiger partial charge in [0, 0.05) is 25.5 Å². The molecule has 1 fully saturated rings. The number of quaternary nitrogens is 1. The van der Waals surface area contributed by atoms with Gasteiger partial charge < -0.3 is 15.2 Å². The Morgan fingerprint density at radius 1 is 0.932 bits per heavy atom. The molecule has 1 unspecified atom stereocenters. The number of benzene rings is 1. The highest BCUT2D eigenvalue weighted by atomic mass is 32.1. The highest BCUT2D eigenvalue weighted by molar-refractivity contribution is 7.16. The number of nitrogens with zero attached hydrogens (tertiary/aromatic N) is 2. The molecule has 2 aromatic rings. The van der Waals surface area contributed by atoms with Crippen molar-refractivity contribution in [1.82, 2.24) is 5.32 Å². The van der Waals surface area contributed by atoms with Gasteiger partial charge in [-0.3, -0.25) is 14.6 Å². The number of hydrogen-bond donors (Lipinski definition) is 3. The number of methoxy groups -OCH3 is 1. The average molecular weight is 630 g/mol. The summed E-state index contributed by atoms with van der Waals surface area (Å²) in [6.07, 6.45) is 20.2. The van der Waals surface area contributed by atoms with Crippen molar-refractivity contribution in [3.05, 3.63) is 40.8 Å². The number of fused-ring (bicyclic) bond motifs is 2. The number of carbonyl (C=O) groups is 1. The summed E-state index contributed by atoms with van der Waals surface area (Å²) in [6.45, 7) is 7.49. The third-order valence-corrected chi connectivity index (χ3v) is 9.19. The van der Waals surface area contributed by atoms with Crippen molar-refractivity contribution in [2.75, 3.05) is 46.3 Å². The lowest BCUT2D eigenvalue weighted by molar-refractivity contribution is -0.807. The summed E-state index contributed by atoms with van der Waals surface area (Å²) in [5.74, 6) is 0.511. The molecule has 4 rings (SSSR count). The Morgan fingerprint density at radius 2 is 1.48 bits per heavy atom. The van der Waals surface area contributed by atoms with Gasteiger partial charge in [-0.25, -0.2) is 0 Å². The number of anilines is 2. The Kier molecular flexibility index (Phi) is 19.2. The van der Waals surface area contributed by atoms with E-state index in [0.717, 1.165) is 54.3 Å². The normalized spacial score (nSPS) is 16.7. The number of carboxylic acid groups (broad SMARTS) is 1. The minimum atomic E-state index is -0.653. The molecule has 0 amide bonds. The summed E-state index contributed by atoms with van der Waals surface area (Å²) in [5.41, 5.74) is 3.37.